The van der Waals surface area contributed by atoms with Gasteiger partial charge in [-0.2, -0.15) is 0 Å². The molecule has 15 heavy (non-hydrogen) atoms. The van der Waals surface area contributed by atoms with Crippen LogP contribution in [-0.4, -0.2) is 11.7 Å². The summed E-state index contributed by atoms with van der Waals surface area (Å²) in [4.78, 5) is 22.2. The Kier molecular flexibility index (Phi) is 3.39. The maximum atomic E-state index is 11.1. The van der Waals surface area contributed by atoms with Gasteiger partial charge < -0.3 is 5.32 Å². The van der Waals surface area contributed by atoms with Crippen molar-refractivity contribution in [3.8, 4) is 0 Å². The van der Waals surface area contributed by atoms with Crippen molar-refractivity contribution in [3.63, 3.8) is 0 Å². The monoisotopic (exact) mass is 203 g/mol. The lowest BCUT2D eigenvalue weighted by atomic mass is 10.1. The van der Waals surface area contributed by atoms with Crippen LogP contribution in [0.4, 0.5) is 5.69 Å². The lowest BCUT2D eigenvalue weighted by Gasteiger charge is -2.07. The van der Waals surface area contributed by atoms with E-state index in [9.17, 15) is 9.59 Å². The van der Waals surface area contributed by atoms with Crippen LogP contribution in [0.25, 0.3) is 0 Å². The molecule has 1 N–H and O–H groups in total. The van der Waals surface area contributed by atoms with E-state index in [1.807, 2.05) is 6.92 Å². The summed E-state index contributed by atoms with van der Waals surface area (Å²) in [5.41, 5.74) is 2.14. The summed E-state index contributed by atoms with van der Waals surface area (Å²) in [6.07, 6.45) is 1.19. The van der Waals surface area contributed by atoms with Crippen LogP contribution in [0, 0.1) is 6.92 Å². The number of anilines is 1. The molecule has 0 saturated carbocycles. The zero-order chi connectivity index (χ0) is 11.4. The normalized spacial score (nSPS) is 9.47. The standard InChI is InChI=1S/C12H13NO2/c1-4-12(15)13-11-7-10(9(3)14)6-5-8(11)2/h4-7H,1H2,2-3H3,(H,13,15). The van der Waals surface area contributed by atoms with Crippen LogP contribution in [0.5, 0.6) is 0 Å². The summed E-state index contributed by atoms with van der Waals surface area (Å²) in [5.74, 6) is -0.303. The van der Waals surface area contributed by atoms with Crippen molar-refractivity contribution in [3.05, 3.63) is 42.0 Å². The summed E-state index contributed by atoms with van der Waals surface area (Å²) in [6, 6.07) is 5.20. The van der Waals surface area contributed by atoms with Crippen LogP contribution in [0.2, 0.25) is 0 Å². The topological polar surface area (TPSA) is 46.2 Å². The van der Waals surface area contributed by atoms with Crippen molar-refractivity contribution in [2.24, 2.45) is 0 Å². The minimum absolute atomic E-state index is 0.0240. The second kappa shape index (κ2) is 4.55. The summed E-state index contributed by atoms with van der Waals surface area (Å²) >= 11 is 0. The predicted molar refractivity (Wildman–Crippen MR) is 60.0 cm³/mol. The molecule has 0 radical (unpaired) electrons. The Morgan fingerprint density at radius 1 is 1.40 bits per heavy atom. The van der Waals surface area contributed by atoms with Gasteiger partial charge in [-0.3, -0.25) is 9.59 Å². The van der Waals surface area contributed by atoms with Gasteiger partial charge in [0.25, 0.3) is 0 Å². The van der Waals surface area contributed by atoms with Crippen LogP contribution < -0.4 is 5.32 Å². The molecule has 0 fully saturated rings. The maximum absolute atomic E-state index is 11.1. The lowest BCUT2D eigenvalue weighted by molar-refractivity contribution is -0.111. The van der Waals surface area contributed by atoms with Gasteiger partial charge >= 0.3 is 0 Å². The zero-order valence-corrected chi connectivity index (χ0v) is 8.83. The number of amides is 1. The van der Waals surface area contributed by atoms with Crippen LogP contribution in [0.15, 0.2) is 30.9 Å². The highest BCUT2D eigenvalue weighted by Crippen LogP contribution is 2.17. The number of carbonyl (C=O) groups excluding carboxylic acids is 2. The average molecular weight is 203 g/mol. The minimum Gasteiger partial charge on any atom is -0.322 e. The number of benzene rings is 1. The SMILES string of the molecule is C=CC(=O)Nc1cc(C(C)=O)ccc1C. The Hall–Kier alpha value is -1.90. The van der Waals surface area contributed by atoms with Crippen molar-refractivity contribution in [1.82, 2.24) is 0 Å². The Morgan fingerprint density at radius 2 is 2.07 bits per heavy atom. The molecule has 0 aliphatic carbocycles. The Labute approximate surface area is 88.8 Å². The summed E-state index contributed by atoms with van der Waals surface area (Å²) in [5, 5.41) is 2.65. The summed E-state index contributed by atoms with van der Waals surface area (Å²) in [7, 11) is 0. The lowest BCUT2D eigenvalue weighted by Crippen LogP contribution is -2.09. The van der Waals surface area contributed by atoms with Gasteiger partial charge in [0, 0.05) is 11.3 Å². The summed E-state index contributed by atoms with van der Waals surface area (Å²) in [6.45, 7) is 6.72. The fourth-order valence-corrected chi connectivity index (χ4v) is 1.16. The third-order valence-electron chi connectivity index (χ3n) is 2.09. The highest BCUT2D eigenvalue weighted by atomic mass is 16.1. The number of hydrogen-bond acceptors (Lipinski definition) is 2. The van der Waals surface area contributed by atoms with Gasteiger partial charge in [-0.05, 0) is 31.6 Å². The molecule has 0 aromatic heterocycles. The zero-order valence-electron chi connectivity index (χ0n) is 8.83. The van der Waals surface area contributed by atoms with Crippen LogP contribution in [0.1, 0.15) is 22.8 Å². The van der Waals surface area contributed by atoms with E-state index in [1.165, 1.54) is 13.0 Å². The third-order valence-corrected chi connectivity index (χ3v) is 2.09. The second-order valence-electron chi connectivity index (χ2n) is 3.28. The third kappa shape index (κ3) is 2.77. The first-order chi connectivity index (χ1) is 7.04. The van der Waals surface area contributed by atoms with Gasteiger partial charge in [-0.15, -0.1) is 0 Å². The Bertz CT molecular complexity index is 422. The smallest absolute Gasteiger partial charge is 0.247 e. The molecule has 1 aromatic carbocycles. The van der Waals surface area contributed by atoms with Gasteiger partial charge in [-0.25, -0.2) is 0 Å². The first-order valence-corrected chi connectivity index (χ1v) is 4.59. The van der Waals surface area contributed by atoms with Gasteiger partial charge in [-0.1, -0.05) is 18.7 Å². The van der Waals surface area contributed by atoms with E-state index >= 15 is 0 Å². The number of rotatable bonds is 3. The Morgan fingerprint density at radius 3 is 2.60 bits per heavy atom. The molecule has 0 aliphatic heterocycles. The summed E-state index contributed by atoms with van der Waals surface area (Å²) < 4.78 is 0. The van der Waals surface area contributed by atoms with Crippen LogP contribution in [-0.2, 0) is 4.79 Å². The van der Waals surface area contributed by atoms with E-state index in [0.29, 0.717) is 11.3 Å². The highest BCUT2D eigenvalue weighted by molar-refractivity contribution is 6.01. The predicted octanol–water partition coefficient (Wildman–Crippen LogP) is 2.32. The van der Waals surface area contributed by atoms with Crippen molar-refractivity contribution in [2.75, 3.05) is 5.32 Å². The fourth-order valence-electron chi connectivity index (χ4n) is 1.16. The molecular weight excluding hydrogens is 190 g/mol. The average Bonchev–Trinajstić information content (AvgIpc) is 2.20. The number of carbonyl (C=O) groups is 2. The molecule has 1 rings (SSSR count). The molecule has 3 nitrogen and oxygen atoms in total. The van der Waals surface area contributed by atoms with Gasteiger partial charge in [0.15, 0.2) is 5.78 Å². The van der Waals surface area contributed by atoms with Crippen LogP contribution >= 0.6 is 0 Å². The number of Topliss-reactive ketones (excluding diaryl/α,β-unsaturated/α-hetero) is 1. The molecule has 1 amide bonds. The molecule has 3 heteroatoms. The van der Waals surface area contributed by atoms with E-state index < -0.39 is 0 Å². The molecule has 0 bridgehead atoms. The first kappa shape index (κ1) is 11.2. The molecule has 0 spiro atoms. The molecule has 0 saturated heterocycles. The number of nitrogens with one attached hydrogen (secondary N) is 1. The minimum atomic E-state index is -0.279. The van der Waals surface area contributed by atoms with Crippen molar-refractivity contribution in [1.29, 1.82) is 0 Å². The highest BCUT2D eigenvalue weighted by Gasteiger charge is 2.05. The fraction of sp³-hybridized carbons (Fsp3) is 0.167. The van der Waals surface area contributed by atoms with Crippen molar-refractivity contribution < 1.29 is 9.59 Å². The number of ketones is 1. The van der Waals surface area contributed by atoms with E-state index in [0.717, 1.165) is 5.56 Å². The molecule has 0 unspecified atom stereocenters. The van der Waals surface area contributed by atoms with E-state index in [-0.39, 0.29) is 11.7 Å². The molecule has 0 heterocycles. The Balaban J connectivity index is 3.05. The van der Waals surface area contributed by atoms with Crippen LogP contribution in [0.3, 0.4) is 0 Å². The van der Waals surface area contributed by atoms with Crippen molar-refractivity contribution in [2.45, 2.75) is 13.8 Å². The van der Waals surface area contributed by atoms with Gasteiger partial charge in [0.2, 0.25) is 5.91 Å². The van der Waals surface area contributed by atoms with Gasteiger partial charge in [0.1, 0.15) is 0 Å². The quantitative estimate of drug-likeness (QED) is 0.605. The molecule has 0 aliphatic rings. The van der Waals surface area contributed by atoms with Crippen molar-refractivity contribution >= 4 is 17.4 Å². The number of aryl methyl sites for hydroxylation is 1. The molecule has 1 aromatic rings. The molecular formula is C12H13NO2. The first-order valence-electron chi connectivity index (χ1n) is 4.59. The maximum Gasteiger partial charge on any atom is 0.247 e. The van der Waals surface area contributed by atoms with Gasteiger partial charge in [0.05, 0.1) is 0 Å². The van der Waals surface area contributed by atoms with E-state index in [2.05, 4.69) is 11.9 Å². The van der Waals surface area contributed by atoms with E-state index in [1.54, 1.807) is 18.2 Å². The second-order valence-corrected chi connectivity index (χ2v) is 3.28. The molecule has 0 atom stereocenters. The number of hydrogen-bond donors (Lipinski definition) is 1. The largest absolute Gasteiger partial charge is 0.322 e. The molecule has 78 valence electrons. The van der Waals surface area contributed by atoms with E-state index in [4.69, 9.17) is 0 Å².